The summed E-state index contributed by atoms with van der Waals surface area (Å²) in [6.45, 7) is 1.76. The highest BCUT2D eigenvalue weighted by Crippen LogP contribution is 2.24. The highest BCUT2D eigenvalue weighted by molar-refractivity contribution is 7.89. The Kier molecular flexibility index (Phi) is 6.02. The predicted octanol–water partition coefficient (Wildman–Crippen LogP) is 0.781. The molecule has 1 heterocycles. The van der Waals surface area contributed by atoms with Crippen LogP contribution in [0.5, 0.6) is 5.75 Å². The summed E-state index contributed by atoms with van der Waals surface area (Å²) in [5, 5.41) is 9.47. The molecule has 0 aromatic heterocycles. The maximum Gasteiger partial charge on any atom is 0.323 e. The lowest BCUT2D eigenvalue weighted by Crippen LogP contribution is -2.60. The van der Waals surface area contributed by atoms with Crippen LogP contribution in [0.3, 0.4) is 0 Å². The molecule has 1 N–H and O–H groups in total. The maximum atomic E-state index is 12.8. The predicted molar refractivity (Wildman–Crippen MR) is 89.8 cm³/mol. The number of unbranched alkanes of at least 4 members (excludes halogenated alkanes) is 1. The fourth-order valence-corrected chi connectivity index (χ4v) is 4.17. The van der Waals surface area contributed by atoms with Crippen LogP contribution in [0.1, 0.15) is 19.8 Å². The van der Waals surface area contributed by atoms with Crippen molar-refractivity contribution in [1.29, 1.82) is 0 Å². The molecule has 0 aliphatic carbocycles. The number of ether oxygens (including phenoxy) is 1. The molecule has 1 unspecified atom stereocenters. The normalized spacial score (nSPS) is 19.0. The summed E-state index contributed by atoms with van der Waals surface area (Å²) in [6.07, 6.45) is 1.60. The summed E-state index contributed by atoms with van der Waals surface area (Å²) in [6, 6.07) is 4.31. The molecule has 1 atom stereocenters. The van der Waals surface area contributed by atoms with Gasteiger partial charge in [0.2, 0.25) is 15.9 Å². The van der Waals surface area contributed by atoms with Crippen LogP contribution in [0.2, 0.25) is 0 Å². The Morgan fingerprint density at radius 2 is 1.96 bits per heavy atom. The number of methoxy groups -OCH3 is 1. The molecule has 0 saturated carbocycles. The fourth-order valence-electron chi connectivity index (χ4n) is 2.65. The highest BCUT2D eigenvalue weighted by atomic mass is 32.2. The maximum absolute atomic E-state index is 12.8. The second kappa shape index (κ2) is 7.83. The molecule has 25 heavy (non-hydrogen) atoms. The van der Waals surface area contributed by atoms with Crippen molar-refractivity contribution in [1.82, 2.24) is 9.21 Å². The smallest absolute Gasteiger partial charge is 0.323 e. The molecule has 9 heteroatoms. The van der Waals surface area contributed by atoms with Crippen molar-refractivity contribution >= 4 is 21.9 Å². The van der Waals surface area contributed by atoms with Gasteiger partial charge in [-0.1, -0.05) is 13.3 Å². The molecule has 1 aromatic rings. The van der Waals surface area contributed by atoms with Crippen LogP contribution in [-0.4, -0.2) is 67.4 Å². The first-order valence-electron chi connectivity index (χ1n) is 7.97. The average molecular weight is 370 g/mol. The number of hydrogen-bond donors (Lipinski definition) is 1. The monoisotopic (exact) mass is 370 g/mol. The molecule has 1 aliphatic heterocycles. The number of carboxylic acid groups (broad SMARTS) is 1. The minimum atomic E-state index is -4.11. The third kappa shape index (κ3) is 4.10. The van der Waals surface area contributed by atoms with Crippen LogP contribution in [0.4, 0.5) is 0 Å². The Hall–Kier alpha value is -2.13. The van der Waals surface area contributed by atoms with Crippen LogP contribution in [0, 0.1) is 0 Å². The fraction of sp³-hybridized carbons (Fsp3) is 0.500. The number of sulfonamides is 1. The first-order valence-corrected chi connectivity index (χ1v) is 9.41. The molecule has 1 aromatic carbocycles. The average Bonchev–Trinajstić information content (AvgIpc) is 2.60. The van der Waals surface area contributed by atoms with E-state index in [9.17, 15) is 23.1 Å². The van der Waals surface area contributed by atoms with Crippen molar-refractivity contribution in [3.8, 4) is 5.75 Å². The summed E-state index contributed by atoms with van der Waals surface area (Å²) >= 11 is 0. The van der Waals surface area contributed by atoms with E-state index in [2.05, 4.69) is 0 Å². The van der Waals surface area contributed by atoms with Gasteiger partial charge in [0.05, 0.1) is 18.6 Å². The quantitative estimate of drug-likeness (QED) is 0.761. The summed E-state index contributed by atoms with van der Waals surface area (Å²) in [5.41, 5.74) is 0. The topological polar surface area (TPSA) is 104 Å². The Balaban J connectivity index is 2.31. The molecular formula is C16H22N2O6S. The Bertz CT molecular complexity index is 731. The van der Waals surface area contributed by atoms with Gasteiger partial charge < -0.3 is 14.7 Å². The van der Waals surface area contributed by atoms with Gasteiger partial charge in [-0.25, -0.2) is 8.42 Å². The molecule has 0 radical (unpaired) electrons. The van der Waals surface area contributed by atoms with E-state index in [1.54, 1.807) is 0 Å². The van der Waals surface area contributed by atoms with Gasteiger partial charge in [-0.3, -0.25) is 9.59 Å². The Morgan fingerprint density at radius 3 is 2.48 bits per heavy atom. The number of nitrogens with zero attached hydrogens (tertiary/aromatic N) is 2. The number of carbonyl (C=O) groups excluding carboxylic acids is 1. The Labute approximate surface area is 147 Å². The number of benzene rings is 1. The molecule has 1 amide bonds. The van der Waals surface area contributed by atoms with Crippen molar-refractivity contribution in [2.45, 2.75) is 30.7 Å². The lowest BCUT2D eigenvalue weighted by atomic mass is 10.2. The van der Waals surface area contributed by atoms with E-state index in [1.807, 2.05) is 6.92 Å². The van der Waals surface area contributed by atoms with Crippen molar-refractivity contribution in [2.24, 2.45) is 0 Å². The van der Waals surface area contributed by atoms with Gasteiger partial charge in [0, 0.05) is 13.1 Å². The van der Waals surface area contributed by atoms with Gasteiger partial charge >= 0.3 is 5.97 Å². The van der Waals surface area contributed by atoms with Crippen LogP contribution in [-0.2, 0) is 19.6 Å². The molecule has 0 bridgehead atoms. The van der Waals surface area contributed by atoms with Crippen molar-refractivity contribution < 1.29 is 27.9 Å². The summed E-state index contributed by atoms with van der Waals surface area (Å²) in [5.74, 6) is -1.18. The number of piperazine rings is 1. The molecule has 2 rings (SSSR count). The largest absolute Gasteiger partial charge is 0.497 e. The second-order valence-corrected chi connectivity index (χ2v) is 7.66. The second-order valence-electron chi connectivity index (χ2n) is 5.77. The number of rotatable bonds is 7. The zero-order valence-corrected chi connectivity index (χ0v) is 15.0. The molecular weight excluding hydrogens is 348 g/mol. The number of carbonyl (C=O) groups is 2. The van der Waals surface area contributed by atoms with E-state index in [1.165, 1.54) is 36.3 Å². The van der Waals surface area contributed by atoms with Gasteiger partial charge in [-0.15, -0.1) is 0 Å². The van der Waals surface area contributed by atoms with E-state index < -0.39 is 28.6 Å². The number of carboxylic acids is 1. The van der Waals surface area contributed by atoms with Gasteiger partial charge in [0.25, 0.3) is 0 Å². The molecule has 1 saturated heterocycles. The van der Waals surface area contributed by atoms with Crippen LogP contribution < -0.4 is 4.74 Å². The first kappa shape index (κ1) is 19.2. The van der Waals surface area contributed by atoms with Crippen molar-refractivity contribution in [2.75, 3.05) is 26.7 Å². The van der Waals surface area contributed by atoms with E-state index in [-0.39, 0.29) is 17.3 Å². The zero-order chi connectivity index (χ0) is 18.6. The van der Waals surface area contributed by atoms with Crippen molar-refractivity contribution in [3.63, 3.8) is 0 Å². The molecule has 138 valence electrons. The van der Waals surface area contributed by atoms with Gasteiger partial charge in [0.15, 0.2) is 0 Å². The van der Waals surface area contributed by atoms with Gasteiger partial charge in [-0.05, 0) is 30.7 Å². The highest BCUT2D eigenvalue weighted by Gasteiger charge is 2.43. The van der Waals surface area contributed by atoms with E-state index in [0.717, 1.165) is 17.1 Å². The Morgan fingerprint density at radius 1 is 1.32 bits per heavy atom. The minimum Gasteiger partial charge on any atom is -0.497 e. The van der Waals surface area contributed by atoms with Crippen LogP contribution >= 0.6 is 0 Å². The van der Waals surface area contributed by atoms with Gasteiger partial charge in [0.1, 0.15) is 11.8 Å². The minimum absolute atomic E-state index is 0.0747. The first-order chi connectivity index (χ1) is 11.8. The SMILES string of the molecule is CCCCN1CC(C(=O)O)N(S(=O)(=O)c2ccc(OC)cc2)CC1=O. The molecule has 1 fully saturated rings. The third-order valence-electron chi connectivity index (χ3n) is 4.12. The lowest BCUT2D eigenvalue weighted by Gasteiger charge is -2.38. The number of aliphatic carboxylic acids is 1. The standard InChI is InChI=1S/C16H22N2O6S/c1-3-4-9-17-10-14(16(20)21)18(11-15(17)19)25(22,23)13-7-5-12(24-2)6-8-13/h5-8,14H,3-4,9-11H2,1-2H3,(H,20,21). The lowest BCUT2D eigenvalue weighted by molar-refractivity contribution is -0.148. The van der Waals surface area contributed by atoms with E-state index in [0.29, 0.717) is 12.3 Å². The van der Waals surface area contributed by atoms with Crippen molar-refractivity contribution in [3.05, 3.63) is 24.3 Å². The van der Waals surface area contributed by atoms with E-state index >= 15 is 0 Å². The van der Waals surface area contributed by atoms with E-state index in [4.69, 9.17) is 4.74 Å². The summed E-state index contributed by atoms with van der Waals surface area (Å²) in [7, 11) is -2.65. The molecule has 0 spiro atoms. The summed E-state index contributed by atoms with van der Waals surface area (Å²) < 4.78 is 31.4. The zero-order valence-electron chi connectivity index (χ0n) is 14.2. The van der Waals surface area contributed by atoms with Crippen LogP contribution in [0.15, 0.2) is 29.2 Å². The van der Waals surface area contributed by atoms with Gasteiger partial charge in [-0.2, -0.15) is 4.31 Å². The molecule has 1 aliphatic rings. The molecule has 8 nitrogen and oxygen atoms in total. The number of hydrogen-bond acceptors (Lipinski definition) is 5. The summed E-state index contributed by atoms with van der Waals surface area (Å²) in [4.78, 5) is 25.2. The van der Waals surface area contributed by atoms with Crippen LogP contribution in [0.25, 0.3) is 0 Å². The number of amides is 1. The third-order valence-corrected chi connectivity index (χ3v) is 5.99.